The van der Waals surface area contributed by atoms with E-state index in [2.05, 4.69) is 103 Å². The van der Waals surface area contributed by atoms with E-state index in [9.17, 15) is 0 Å². The highest BCUT2D eigenvalue weighted by atomic mass is 14.7. The van der Waals surface area contributed by atoms with Crippen LogP contribution in [0.3, 0.4) is 0 Å². The van der Waals surface area contributed by atoms with E-state index < -0.39 is 0 Å². The second-order valence-corrected chi connectivity index (χ2v) is 10.2. The number of nitrogens with zero attached hydrogens (tertiary/aromatic N) is 2. The molecule has 0 radical (unpaired) electrons. The summed E-state index contributed by atoms with van der Waals surface area (Å²) in [5.74, 6) is 0. The fourth-order valence-corrected chi connectivity index (χ4v) is 7.13. The van der Waals surface area contributed by atoms with Gasteiger partial charge in [0.25, 0.3) is 0 Å². The van der Waals surface area contributed by atoms with Crippen molar-refractivity contribution in [3.8, 4) is 33.6 Å². The van der Waals surface area contributed by atoms with Gasteiger partial charge < -0.3 is 0 Å². The smallest absolute Gasteiger partial charge is 0.0753 e. The molecule has 2 aromatic heterocycles. The van der Waals surface area contributed by atoms with Crippen LogP contribution in [0.15, 0.2) is 109 Å². The Balaban J connectivity index is 1.40. The average Bonchev–Trinajstić information content (AvgIpc) is 3.54. The van der Waals surface area contributed by atoms with E-state index in [4.69, 9.17) is 9.97 Å². The Morgan fingerprint density at radius 2 is 1.28 bits per heavy atom. The first-order chi connectivity index (χ1) is 17.8. The molecule has 2 heterocycles. The number of aromatic nitrogens is 2. The number of hydrogen-bond acceptors (Lipinski definition) is 2. The largest absolute Gasteiger partial charge is 0.256 e. The van der Waals surface area contributed by atoms with Crippen LogP contribution in [0.2, 0.25) is 0 Å². The molecule has 1 atom stereocenters. The van der Waals surface area contributed by atoms with E-state index in [0.29, 0.717) is 0 Å². The summed E-state index contributed by atoms with van der Waals surface area (Å²) in [5, 5.41) is 1.21. The number of rotatable bonds is 0. The van der Waals surface area contributed by atoms with Gasteiger partial charge in [0.1, 0.15) is 0 Å². The number of para-hydroxylation sites is 1. The summed E-state index contributed by atoms with van der Waals surface area (Å²) in [4.78, 5) is 10.0. The van der Waals surface area contributed by atoms with Crippen molar-refractivity contribution in [1.29, 1.82) is 0 Å². The molecule has 36 heavy (non-hydrogen) atoms. The molecular weight excluding hydrogens is 436 g/mol. The molecule has 3 aliphatic rings. The van der Waals surface area contributed by atoms with Gasteiger partial charge in [-0.2, -0.15) is 0 Å². The van der Waals surface area contributed by atoms with Crippen LogP contribution in [0.1, 0.15) is 33.4 Å². The van der Waals surface area contributed by atoms with Crippen molar-refractivity contribution in [2.45, 2.75) is 11.8 Å². The van der Waals surface area contributed by atoms with Crippen molar-refractivity contribution in [1.82, 2.24) is 9.97 Å². The maximum Gasteiger partial charge on any atom is 0.0753 e. The van der Waals surface area contributed by atoms with Crippen molar-refractivity contribution in [2.24, 2.45) is 0 Å². The predicted molar refractivity (Wildman–Crippen MR) is 144 cm³/mol. The fraction of sp³-hybridized carbons (Fsp3) is 0.0588. The molecule has 0 N–H and O–H groups in total. The van der Waals surface area contributed by atoms with E-state index in [1.54, 1.807) is 0 Å². The van der Waals surface area contributed by atoms with Crippen LogP contribution in [0, 0.1) is 0 Å². The second kappa shape index (κ2) is 6.35. The van der Waals surface area contributed by atoms with E-state index in [1.807, 2.05) is 6.20 Å². The second-order valence-electron chi connectivity index (χ2n) is 10.2. The lowest BCUT2D eigenvalue weighted by atomic mass is 9.70. The van der Waals surface area contributed by atoms with Gasteiger partial charge in [-0.15, -0.1) is 0 Å². The van der Waals surface area contributed by atoms with Gasteiger partial charge in [0.05, 0.1) is 22.3 Å². The third-order valence-corrected chi connectivity index (χ3v) is 8.51. The molecule has 9 rings (SSSR count). The molecule has 0 bridgehead atoms. The lowest BCUT2D eigenvalue weighted by Gasteiger charge is -2.30. The Hall–Kier alpha value is -4.56. The minimum absolute atomic E-state index is 0.339. The quantitative estimate of drug-likeness (QED) is 0.235. The van der Waals surface area contributed by atoms with Gasteiger partial charge in [0.2, 0.25) is 0 Å². The van der Waals surface area contributed by atoms with Gasteiger partial charge in [0, 0.05) is 29.1 Å². The van der Waals surface area contributed by atoms with E-state index in [1.165, 1.54) is 61.0 Å². The standard InChI is InChI=1S/C34H20N2/c1-6-14-31-20(8-1)16-22-17-21-18-30-26(19-25(21)32(22)36-31)23-9-2-4-11-27(23)34(30)28-12-5-3-10-24(28)33-29(34)13-7-15-35-33/h1-16,18-19H,17H2. The topological polar surface area (TPSA) is 25.8 Å². The molecule has 2 nitrogen and oxygen atoms in total. The molecule has 166 valence electrons. The summed E-state index contributed by atoms with van der Waals surface area (Å²) in [5.41, 5.74) is 16.2. The number of benzene rings is 4. The summed E-state index contributed by atoms with van der Waals surface area (Å²) >= 11 is 0. The molecule has 1 spiro atoms. The maximum atomic E-state index is 5.13. The fourth-order valence-electron chi connectivity index (χ4n) is 7.13. The zero-order valence-electron chi connectivity index (χ0n) is 19.5. The van der Waals surface area contributed by atoms with Crippen molar-refractivity contribution < 1.29 is 0 Å². The normalized spacial score (nSPS) is 17.4. The number of hydrogen-bond donors (Lipinski definition) is 0. The van der Waals surface area contributed by atoms with Gasteiger partial charge >= 0.3 is 0 Å². The van der Waals surface area contributed by atoms with Gasteiger partial charge in [0.15, 0.2) is 0 Å². The Bertz CT molecular complexity index is 1890. The van der Waals surface area contributed by atoms with Crippen LogP contribution in [0.5, 0.6) is 0 Å². The molecular formula is C34H20N2. The third kappa shape index (κ3) is 2.06. The van der Waals surface area contributed by atoms with Crippen LogP contribution < -0.4 is 0 Å². The first-order valence-corrected chi connectivity index (χ1v) is 12.6. The molecule has 2 heteroatoms. The Labute approximate surface area is 208 Å². The summed E-state index contributed by atoms with van der Waals surface area (Å²) in [6.45, 7) is 0. The zero-order valence-corrected chi connectivity index (χ0v) is 19.5. The summed E-state index contributed by atoms with van der Waals surface area (Å²) < 4.78 is 0. The maximum absolute atomic E-state index is 5.13. The van der Waals surface area contributed by atoms with Crippen LogP contribution in [0.4, 0.5) is 0 Å². The first kappa shape index (κ1) is 18.7. The van der Waals surface area contributed by atoms with Gasteiger partial charge in [-0.3, -0.25) is 4.98 Å². The highest BCUT2D eigenvalue weighted by Gasteiger charge is 2.52. The number of fused-ring (bicyclic) bond motifs is 14. The molecule has 0 fully saturated rings. The molecule has 1 unspecified atom stereocenters. The highest BCUT2D eigenvalue weighted by molar-refractivity contribution is 5.96. The molecule has 0 amide bonds. The Kier molecular flexibility index (Phi) is 3.31. The zero-order chi connectivity index (χ0) is 23.4. The van der Waals surface area contributed by atoms with Gasteiger partial charge in [-0.25, -0.2) is 4.98 Å². The Morgan fingerprint density at radius 3 is 2.19 bits per heavy atom. The predicted octanol–water partition coefficient (Wildman–Crippen LogP) is 7.54. The highest BCUT2D eigenvalue weighted by Crippen LogP contribution is 2.63. The Morgan fingerprint density at radius 1 is 0.528 bits per heavy atom. The van der Waals surface area contributed by atoms with Crippen LogP contribution >= 0.6 is 0 Å². The minimum atomic E-state index is -0.339. The van der Waals surface area contributed by atoms with Crippen molar-refractivity contribution in [2.75, 3.05) is 0 Å². The monoisotopic (exact) mass is 456 g/mol. The molecule has 6 aromatic rings. The van der Waals surface area contributed by atoms with Crippen molar-refractivity contribution in [3.05, 3.63) is 143 Å². The van der Waals surface area contributed by atoms with E-state index >= 15 is 0 Å². The van der Waals surface area contributed by atoms with Gasteiger partial charge in [-0.05, 0) is 68.8 Å². The third-order valence-electron chi connectivity index (χ3n) is 8.51. The first-order valence-electron chi connectivity index (χ1n) is 12.6. The van der Waals surface area contributed by atoms with Crippen LogP contribution in [0.25, 0.3) is 44.5 Å². The summed E-state index contributed by atoms with van der Waals surface area (Å²) in [7, 11) is 0. The van der Waals surface area contributed by atoms with Crippen LogP contribution in [-0.4, -0.2) is 9.97 Å². The SMILES string of the molecule is c1ccc2c(c1)-c1cc3c(cc1C21c2ccccc2-c2ncccc21)Cc1cc2ccccc2nc1-3. The summed E-state index contributed by atoms with van der Waals surface area (Å²) in [6.07, 6.45) is 2.84. The molecule has 4 aromatic carbocycles. The number of pyridine rings is 2. The van der Waals surface area contributed by atoms with Crippen LogP contribution in [-0.2, 0) is 11.8 Å². The molecule has 0 saturated heterocycles. The average molecular weight is 457 g/mol. The minimum Gasteiger partial charge on any atom is -0.256 e. The van der Waals surface area contributed by atoms with E-state index in [-0.39, 0.29) is 5.41 Å². The summed E-state index contributed by atoms with van der Waals surface area (Å²) in [6, 6.07) is 37.8. The van der Waals surface area contributed by atoms with E-state index in [0.717, 1.165) is 23.3 Å². The lowest BCUT2D eigenvalue weighted by molar-refractivity contribution is 0.790. The molecule has 3 aliphatic carbocycles. The lowest BCUT2D eigenvalue weighted by Crippen LogP contribution is -2.26. The van der Waals surface area contributed by atoms with Crippen molar-refractivity contribution in [3.63, 3.8) is 0 Å². The molecule has 0 saturated carbocycles. The van der Waals surface area contributed by atoms with Crippen molar-refractivity contribution >= 4 is 10.9 Å². The molecule has 0 aliphatic heterocycles. The van der Waals surface area contributed by atoms with Gasteiger partial charge in [-0.1, -0.05) is 78.9 Å².